The minimum absolute atomic E-state index is 1.04. The number of fused-ring (bicyclic) bond motifs is 7. The Bertz CT molecular complexity index is 1800. The molecule has 0 spiro atoms. The Morgan fingerprint density at radius 3 is 2.52 bits per heavy atom. The molecule has 2 aromatic heterocycles. The van der Waals surface area contributed by atoms with Crippen LogP contribution < -0.4 is 0 Å². The maximum Gasteiger partial charge on any atom is 0.111 e. The molecular formula is C30H22N2S. The molecule has 0 bridgehead atoms. The lowest BCUT2D eigenvalue weighted by Crippen LogP contribution is -2.00. The number of hydrogen-bond acceptors (Lipinski definition) is 3. The van der Waals surface area contributed by atoms with E-state index in [2.05, 4.69) is 81.4 Å². The molecule has 1 aliphatic heterocycles. The van der Waals surface area contributed by atoms with Crippen LogP contribution in [0.15, 0.2) is 76.8 Å². The van der Waals surface area contributed by atoms with Crippen molar-refractivity contribution in [2.75, 3.05) is 0 Å². The van der Waals surface area contributed by atoms with Crippen molar-refractivity contribution in [1.82, 2.24) is 9.97 Å². The first-order valence-corrected chi connectivity index (χ1v) is 12.3. The fourth-order valence-electron chi connectivity index (χ4n) is 5.24. The van der Waals surface area contributed by atoms with Gasteiger partial charge in [0.15, 0.2) is 0 Å². The van der Waals surface area contributed by atoms with E-state index in [0.29, 0.717) is 0 Å². The van der Waals surface area contributed by atoms with Gasteiger partial charge in [-0.25, -0.2) is 4.98 Å². The lowest BCUT2D eigenvalue weighted by molar-refractivity contribution is 1.15. The molecule has 33 heavy (non-hydrogen) atoms. The molecule has 0 saturated carbocycles. The van der Waals surface area contributed by atoms with E-state index in [0.717, 1.165) is 28.2 Å². The van der Waals surface area contributed by atoms with Crippen molar-refractivity contribution in [2.45, 2.75) is 37.1 Å². The third-order valence-corrected chi connectivity index (χ3v) is 8.28. The quantitative estimate of drug-likeness (QED) is 0.239. The van der Waals surface area contributed by atoms with Gasteiger partial charge < -0.3 is 0 Å². The first-order valence-electron chi connectivity index (χ1n) is 11.5. The summed E-state index contributed by atoms with van der Waals surface area (Å²) >= 11 is 1.79. The van der Waals surface area contributed by atoms with Crippen LogP contribution in [-0.2, 0) is 6.42 Å². The van der Waals surface area contributed by atoms with E-state index in [1.54, 1.807) is 11.8 Å². The summed E-state index contributed by atoms with van der Waals surface area (Å²) in [6.07, 6.45) is 3.00. The molecule has 6 aromatic rings. The number of pyridine rings is 2. The molecule has 1 aliphatic rings. The Morgan fingerprint density at radius 2 is 1.64 bits per heavy atom. The molecular weight excluding hydrogens is 420 g/mol. The SMILES string of the molecule is CCc1ccc2ccc3c4ccnc5c4c(cc3c2c1)Sc1nc2c(C)c(C)ccc2cc1-5. The van der Waals surface area contributed by atoms with Crippen LogP contribution in [0.4, 0.5) is 0 Å². The predicted octanol–water partition coefficient (Wildman–Crippen LogP) is 8.40. The minimum Gasteiger partial charge on any atom is -0.255 e. The van der Waals surface area contributed by atoms with Gasteiger partial charge in [0.1, 0.15) is 5.03 Å². The zero-order chi connectivity index (χ0) is 22.3. The van der Waals surface area contributed by atoms with Gasteiger partial charge in [0.05, 0.1) is 11.2 Å². The number of hydrogen-bond donors (Lipinski definition) is 0. The van der Waals surface area contributed by atoms with E-state index in [4.69, 9.17) is 9.97 Å². The Labute approximate surface area is 196 Å². The third-order valence-electron chi connectivity index (χ3n) is 7.24. The molecule has 0 amide bonds. The molecule has 0 fully saturated rings. The molecule has 3 heteroatoms. The average Bonchev–Trinajstić information content (AvgIpc) is 2.85. The van der Waals surface area contributed by atoms with Gasteiger partial charge in [-0.15, -0.1) is 0 Å². The summed E-state index contributed by atoms with van der Waals surface area (Å²) in [5.41, 5.74) is 7.19. The molecule has 0 N–H and O–H groups in total. The van der Waals surface area contributed by atoms with E-state index >= 15 is 0 Å². The zero-order valence-electron chi connectivity index (χ0n) is 18.9. The van der Waals surface area contributed by atoms with Crippen molar-refractivity contribution in [3.8, 4) is 11.3 Å². The van der Waals surface area contributed by atoms with Crippen molar-refractivity contribution in [3.05, 3.63) is 83.6 Å². The molecule has 7 rings (SSSR count). The second-order valence-electron chi connectivity index (χ2n) is 9.05. The maximum atomic E-state index is 5.15. The Hall–Kier alpha value is -3.43. The summed E-state index contributed by atoms with van der Waals surface area (Å²) in [6, 6.07) is 22.6. The highest BCUT2D eigenvalue weighted by Gasteiger charge is 2.24. The van der Waals surface area contributed by atoms with Gasteiger partial charge in [0.25, 0.3) is 0 Å². The van der Waals surface area contributed by atoms with Gasteiger partial charge in [0, 0.05) is 27.4 Å². The molecule has 0 radical (unpaired) electrons. The predicted molar refractivity (Wildman–Crippen MR) is 140 cm³/mol. The normalized spacial score (nSPS) is 12.7. The molecule has 158 valence electrons. The minimum atomic E-state index is 1.04. The third kappa shape index (κ3) is 2.63. The standard InChI is InChI=1S/C30H22N2S/c1-4-18-6-8-19-9-10-21-22-11-12-31-29-25-14-20-7-5-16(2)17(3)28(20)32-30(25)33-26(27(22)29)15-24(21)23(19)13-18/h5-15H,4H2,1-3H3. The Kier molecular flexibility index (Phi) is 3.92. The molecule has 0 atom stereocenters. The summed E-state index contributed by atoms with van der Waals surface area (Å²) in [5, 5.41) is 9.97. The van der Waals surface area contributed by atoms with Crippen LogP contribution in [0.2, 0.25) is 0 Å². The monoisotopic (exact) mass is 442 g/mol. The number of aromatic nitrogens is 2. The van der Waals surface area contributed by atoms with E-state index in [1.165, 1.54) is 59.3 Å². The summed E-state index contributed by atoms with van der Waals surface area (Å²) in [6.45, 7) is 6.54. The van der Waals surface area contributed by atoms with Crippen LogP contribution in [0.1, 0.15) is 23.6 Å². The number of rotatable bonds is 1. The Balaban J connectivity index is 1.60. The molecule has 4 aromatic carbocycles. The summed E-state index contributed by atoms with van der Waals surface area (Å²) in [5.74, 6) is 0. The van der Waals surface area contributed by atoms with Crippen molar-refractivity contribution >= 4 is 55.0 Å². The summed E-state index contributed by atoms with van der Waals surface area (Å²) in [7, 11) is 0. The van der Waals surface area contributed by atoms with Crippen LogP contribution in [0, 0.1) is 13.8 Å². The molecule has 2 nitrogen and oxygen atoms in total. The fourth-order valence-corrected chi connectivity index (χ4v) is 6.34. The van der Waals surface area contributed by atoms with E-state index < -0.39 is 0 Å². The molecule has 3 heterocycles. The van der Waals surface area contributed by atoms with Crippen LogP contribution in [0.25, 0.3) is 54.5 Å². The van der Waals surface area contributed by atoms with Crippen molar-refractivity contribution in [1.29, 1.82) is 0 Å². The Morgan fingerprint density at radius 1 is 0.788 bits per heavy atom. The fraction of sp³-hybridized carbons (Fsp3) is 0.133. The van der Waals surface area contributed by atoms with E-state index in [-0.39, 0.29) is 0 Å². The van der Waals surface area contributed by atoms with Gasteiger partial charge in [-0.3, -0.25) is 4.98 Å². The van der Waals surface area contributed by atoms with Crippen LogP contribution >= 0.6 is 11.8 Å². The zero-order valence-corrected chi connectivity index (χ0v) is 19.7. The lowest BCUT2D eigenvalue weighted by Gasteiger charge is -2.21. The highest BCUT2D eigenvalue weighted by molar-refractivity contribution is 7.99. The van der Waals surface area contributed by atoms with Gasteiger partial charge in [-0.1, -0.05) is 61.2 Å². The van der Waals surface area contributed by atoms with Gasteiger partial charge in [-0.2, -0.15) is 0 Å². The van der Waals surface area contributed by atoms with Crippen LogP contribution in [0.5, 0.6) is 0 Å². The lowest BCUT2D eigenvalue weighted by atomic mass is 9.94. The van der Waals surface area contributed by atoms with Gasteiger partial charge >= 0.3 is 0 Å². The van der Waals surface area contributed by atoms with Crippen molar-refractivity contribution in [3.63, 3.8) is 0 Å². The molecule has 0 saturated heterocycles. The van der Waals surface area contributed by atoms with Gasteiger partial charge in [-0.05, 0) is 82.1 Å². The summed E-state index contributed by atoms with van der Waals surface area (Å²) in [4.78, 5) is 11.3. The van der Waals surface area contributed by atoms with E-state index in [9.17, 15) is 0 Å². The second-order valence-corrected chi connectivity index (χ2v) is 10.1. The first kappa shape index (κ1) is 19.1. The first-order chi connectivity index (χ1) is 16.1. The molecule has 0 aliphatic carbocycles. The van der Waals surface area contributed by atoms with Crippen molar-refractivity contribution < 1.29 is 0 Å². The number of benzene rings is 4. The van der Waals surface area contributed by atoms with Crippen LogP contribution in [0.3, 0.4) is 0 Å². The van der Waals surface area contributed by atoms with E-state index in [1.807, 2.05) is 6.20 Å². The highest BCUT2D eigenvalue weighted by Crippen LogP contribution is 2.49. The number of nitrogens with zero attached hydrogens (tertiary/aromatic N) is 2. The average molecular weight is 443 g/mol. The van der Waals surface area contributed by atoms with Gasteiger partial charge in [0.2, 0.25) is 0 Å². The topological polar surface area (TPSA) is 25.8 Å². The highest BCUT2D eigenvalue weighted by atomic mass is 32.2. The van der Waals surface area contributed by atoms with Crippen LogP contribution in [-0.4, -0.2) is 9.97 Å². The van der Waals surface area contributed by atoms with Crippen molar-refractivity contribution in [2.24, 2.45) is 0 Å². The summed E-state index contributed by atoms with van der Waals surface area (Å²) < 4.78 is 0. The smallest absolute Gasteiger partial charge is 0.111 e. The largest absolute Gasteiger partial charge is 0.255 e. The molecule has 0 unspecified atom stereocenters. The number of aryl methyl sites for hydroxylation is 3. The maximum absolute atomic E-state index is 5.15. The second kappa shape index (κ2) is 6.79.